The van der Waals surface area contributed by atoms with Crippen LogP contribution in [0.1, 0.15) is 17.4 Å². The summed E-state index contributed by atoms with van der Waals surface area (Å²) in [7, 11) is 0. The number of carbonyl (C=O) groups excluding carboxylic acids is 3. The Hall–Kier alpha value is -2.91. The molecular formula is C17H24N6O4. The van der Waals surface area contributed by atoms with Crippen molar-refractivity contribution >= 4 is 24.2 Å². The molecule has 2 aliphatic heterocycles. The molecule has 3 amide bonds. The van der Waals surface area contributed by atoms with Crippen LogP contribution in [-0.4, -0.2) is 102 Å². The standard InChI is InChI=1S/C17H24N6O4/c1-2-27-17(26)23-9-7-21(8-10-23)15-12-18-14(11-19-15)16(25)22-5-3-20(13-24)4-6-22/h11-13H,2-10H2,1H3. The molecule has 2 fully saturated rings. The summed E-state index contributed by atoms with van der Waals surface area (Å²) in [6, 6.07) is 0. The van der Waals surface area contributed by atoms with Gasteiger partial charge < -0.3 is 24.3 Å². The van der Waals surface area contributed by atoms with E-state index in [0.717, 1.165) is 6.41 Å². The van der Waals surface area contributed by atoms with Crippen molar-refractivity contribution in [2.75, 3.05) is 63.9 Å². The predicted octanol–water partition coefficient (Wildman–Crippen LogP) is -0.331. The van der Waals surface area contributed by atoms with Crippen molar-refractivity contribution < 1.29 is 19.1 Å². The van der Waals surface area contributed by atoms with Crippen LogP contribution in [0.2, 0.25) is 0 Å². The van der Waals surface area contributed by atoms with Gasteiger partial charge in [0.25, 0.3) is 5.91 Å². The Morgan fingerprint density at radius 1 is 1.00 bits per heavy atom. The second-order valence-corrected chi connectivity index (χ2v) is 6.37. The molecule has 0 aliphatic carbocycles. The van der Waals surface area contributed by atoms with Crippen molar-refractivity contribution in [3.8, 4) is 0 Å². The van der Waals surface area contributed by atoms with E-state index in [9.17, 15) is 14.4 Å². The summed E-state index contributed by atoms with van der Waals surface area (Å²) in [4.78, 5) is 50.7. The first-order chi connectivity index (χ1) is 13.1. The lowest BCUT2D eigenvalue weighted by Crippen LogP contribution is -2.49. The smallest absolute Gasteiger partial charge is 0.409 e. The Balaban J connectivity index is 1.54. The highest BCUT2D eigenvalue weighted by atomic mass is 16.6. The lowest BCUT2D eigenvalue weighted by Gasteiger charge is -2.34. The highest BCUT2D eigenvalue weighted by Crippen LogP contribution is 2.14. The van der Waals surface area contributed by atoms with E-state index >= 15 is 0 Å². The van der Waals surface area contributed by atoms with Gasteiger partial charge in [0.2, 0.25) is 6.41 Å². The molecule has 146 valence electrons. The molecule has 0 aromatic carbocycles. The van der Waals surface area contributed by atoms with Crippen molar-refractivity contribution in [1.82, 2.24) is 24.7 Å². The molecule has 0 unspecified atom stereocenters. The first-order valence-electron chi connectivity index (χ1n) is 9.09. The summed E-state index contributed by atoms with van der Waals surface area (Å²) in [5.74, 6) is 0.507. The van der Waals surface area contributed by atoms with E-state index in [1.807, 2.05) is 4.90 Å². The first kappa shape index (κ1) is 18.9. The highest BCUT2D eigenvalue weighted by molar-refractivity contribution is 5.92. The molecule has 0 spiro atoms. The van der Waals surface area contributed by atoms with Crippen LogP contribution in [-0.2, 0) is 9.53 Å². The molecule has 3 heterocycles. The van der Waals surface area contributed by atoms with E-state index in [2.05, 4.69) is 9.97 Å². The average Bonchev–Trinajstić information content (AvgIpc) is 2.74. The molecule has 3 rings (SSSR count). The molecule has 1 aromatic rings. The van der Waals surface area contributed by atoms with Crippen molar-refractivity contribution in [3.63, 3.8) is 0 Å². The van der Waals surface area contributed by atoms with Gasteiger partial charge in [0.05, 0.1) is 19.0 Å². The van der Waals surface area contributed by atoms with E-state index in [0.29, 0.717) is 70.5 Å². The van der Waals surface area contributed by atoms with Gasteiger partial charge in [0.1, 0.15) is 11.5 Å². The summed E-state index contributed by atoms with van der Waals surface area (Å²) in [6.07, 6.45) is 3.59. The molecule has 0 saturated carbocycles. The fraction of sp³-hybridized carbons (Fsp3) is 0.588. The number of aromatic nitrogens is 2. The normalized spacial score (nSPS) is 17.7. The lowest BCUT2D eigenvalue weighted by atomic mass is 10.3. The molecule has 10 heteroatoms. The zero-order chi connectivity index (χ0) is 19.2. The number of piperazine rings is 2. The van der Waals surface area contributed by atoms with Gasteiger partial charge in [-0.15, -0.1) is 0 Å². The number of ether oxygens (including phenoxy) is 1. The van der Waals surface area contributed by atoms with Crippen LogP contribution in [0.15, 0.2) is 12.4 Å². The number of hydrogen-bond acceptors (Lipinski definition) is 7. The van der Waals surface area contributed by atoms with Crippen LogP contribution < -0.4 is 4.90 Å². The zero-order valence-corrected chi connectivity index (χ0v) is 15.4. The maximum Gasteiger partial charge on any atom is 0.409 e. The third-order valence-electron chi connectivity index (χ3n) is 4.74. The van der Waals surface area contributed by atoms with Crippen LogP contribution in [0.25, 0.3) is 0 Å². The Bertz CT molecular complexity index is 667. The third kappa shape index (κ3) is 4.44. The molecule has 0 atom stereocenters. The summed E-state index contributed by atoms with van der Waals surface area (Å²) < 4.78 is 5.01. The summed E-state index contributed by atoms with van der Waals surface area (Å²) in [6.45, 7) is 6.59. The van der Waals surface area contributed by atoms with Gasteiger partial charge in [-0.1, -0.05) is 0 Å². The summed E-state index contributed by atoms with van der Waals surface area (Å²) in [5.41, 5.74) is 0.295. The molecule has 1 aromatic heterocycles. The quantitative estimate of drug-likeness (QED) is 0.664. The molecule has 2 saturated heterocycles. The monoisotopic (exact) mass is 376 g/mol. The Kier molecular flexibility index (Phi) is 6.05. The van der Waals surface area contributed by atoms with Crippen molar-refractivity contribution in [3.05, 3.63) is 18.1 Å². The van der Waals surface area contributed by atoms with Crippen molar-refractivity contribution in [1.29, 1.82) is 0 Å². The lowest BCUT2D eigenvalue weighted by molar-refractivity contribution is -0.119. The van der Waals surface area contributed by atoms with Gasteiger partial charge in [0.15, 0.2) is 0 Å². The molecule has 0 N–H and O–H groups in total. The third-order valence-corrected chi connectivity index (χ3v) is 4.74. The van der Waals surface area contributed by atoms with Gasteiger partial charge in [0, 0.05) is 52.4 Å². The first-order valence-corrected chi connectivity index (χ1v) is 9.09. The van der Waals surface area contributed by atoms with E-state index in [1.165, 1.54) is 6.20 Å². The second-order valence-electron chi connectivity index (χ2n) is 6.37. The van der Waals surface area contributed by atoms with Crippen LogP contribution in [0.5, 0.6) is 0 Å². The van der Waals surface area contributed by atoms with Gasteiger partial charge in [-0.25, -0.2) is 14.8 Å². The zero-order valence-electron chi connectivity index (χ0n) is 15.4. The van der Waals surface area contributed by atoms with Crippen LogP contribution >= 0.6 is 0 Å². The number of amides is 3. The number of anilines is 1. The van der Waals surface area contributed by atoms with Crippen molar-refractivity contribution in [2.24, 2.45) is 0 Å². The largest absolute Gasteiger partial charge is 0.450 e. The van der Waals surface area contributed by atoms with E-state index < -0.39 is 0 Å². The predicted molar refractivity (Wildman–Crippen MR) is 96.4 cm³/mol. The minimum atomic E-state index is -0.293. The number of nitrogens with zero attached hydrogens (tertiary/aromatic N) is 6. The van der Waals surface area contributed by atoms with E-state index in [-0.39, 0.29) is 12.0 Å². The van der Waals surface area contributed by atoms with Crippen molar-refractivity contribution in [2.45, 2.75) is 6.92 Å². The van der Waals surface area contributed by atoms with Gasteiger partial charge in [-0.05, 0) is 6.92 Å². The summed E-state index contributed by atoms with van der Waals surface area (Å²) >= 11 is 0. The van der Waals surface area contributed by atoms with E-state index in [4.69, 9.17) is 4.74 Å². The fourth-order valence-corrected chi connectivity index (χ4v) is 3.12. The Morgan fingerprint density at radius 2 is 1.67 bits per heavy atom. The van der Waals surface area contributed by atoms with Crippen LogP contribution in [0.3, 0.4) is 0 Å². The average molecular weight is 376 g/mol. The maximum atomic E-state index is 12.5. The second kappa shape index (κ2) is 8.65. The number of carbonyl (C=O) groups is 3. The van der Waals surface area contributed by atoms with Gasteiger partial charge in [-0.2, -0.15) is 0 Å². The minimum Gasteiger partial charge on any atom is -0.450 e. The van der Waals surface area contributed by atoms with Crippen LogP contribution in [0, 0.1) is 0 Å². The minimum absolute atomic E-state index is 0.174. The van der Waals surface area contributed by atoms with E-state index in [1.54, 1.807) is 27.8 Å². The topological polar surface area (TPSA) is 99.2 Å². The molecule has 0 bridgehead atoms. The molecule has 27 heavy (non-hydrogen) atoms. The van der Waals surface area contributed by atoms with Crippen LogP contribution in [0.4, 0.5) is 10.6 Å². The molecular weight excluding hydrogens is 352 g/mol. The Morgan fingerprint density at radius 3 is 2.22 bits per heavy atom. The summed E-state index contributed by atoms with van der Waals surface area (Å²) in [5, 5.41) is 0. The Labute approximate surface area is 157 Å². The van der Waals surface area contributed by atoms with Gasteiger partial charge >= 0.3 is 6.09 Å². The molecule has 2 aliphatic rings. The highest BCUT2D eigenvalue weighted by Gasteiger charge is 2.25. The maximum absolute atomic E-state index is 12.5. The molecule has 10 nitrogen and oxygen atoms in total. The fourth-order valence-electron chi connectivity index (χ4n) is 3.12. The van der Waals surface area contributed by atoms with Gasteiger partial charge in [-0.3, -0.25) is 9.59 Å². The SMILES string of the molecule is CCOC(=O)N1CCN(c2cnc(C(=O)N3CCN(C=O)CC3)cn2)CC1. The number of rotatable bonds is 4. The number of hydrogen-bond donors (Lipinski definition) is 0. The molecule has 0 radical (unpaired) electrons.